The van der Waals surface area contributed by atoms with Gasteiger partial charge in [0.15, 0.2) is 0 Å². The number of hydrogen-bond donors (Lipinski definition) is 3. The van der Waals surface area contributed by atoms with E-state index in [1.54, 1.807) is 12.1 Å². The summed E-state index contributed by atoms with van der Waals surface area (Å²) in [7, 11) is 0. The number of phenols is 2. The third-order valence-electron chi connectivity index (χ3n) is 2.78. The fourth-order valence-corrected chi connectivity index (χ4v) is 1.99. The Morgan fingerprint density at radius 3 is 2.53 bits per heavy atom. The van der Waals surface area contributed by atoms with Gasteiger partial charge < -0.3 is 15.5 Å². The van der Waals surface area contributed by atoms with Crippen LogP contribution in [0.2, 0.25) is 5.02 Å². The van der Waals surface area contributed by atoms with Gasteiger partial charge in [-0.15, -0.1) is 0 Å². The van der Waals surface area contributed by atoms with E-state index < -0.39 is 5.82 Å². The fourth-order valence-electron chi connectivity index (χ4n) is 1.81. The highest BCUT2D eigenvalue weighted by Crippen LogP contribution is 2.30. The molecule has 3 N–H and O–H groups in total. The minimum absolute atomic E-state index is 0.00160. The first-order valence-corrected chi connectivity index (χ1v) is 6.08. The number of phenolic OH excluding ortho intramolecular Hbond substituents is 2. The molecule has 0 saturated carbocycles. The Kier molecular flexibility index (Phi) is 3.81. The maximum atomic E-state index is 13.0. The Morgan fingerprint density at radius 1 is 1.16 bits per heavy atom. The molecule has 2 rings (SSSR count). The van der Waals surface area contributed by atoms with E-state index >= 15 is 0 Å². The summed E-state index contributed by atoms with van der Waals surface area (Å²) in [6.07, 6.45) is 0. The molecule has 1 atom stereocenters. The van der Waals surface area contributed by atoms with E-state index in [4.69, 9.17) is 11.6 Å². The van der Waals surface area contributed by atoms with Crippen molar-refractivity contribution in [1.82, 2.24) is 0 Å². The number of benzene rings is 2. The number of hydrogen-bond acceptors (Lipinski definition) is 3. The van der Waals surface area contributed by atoms with Crippen LogP contribution in [0.3, 0.4) is 0 Å². The third-order valence-corrected chi connectivity index (χ3v) is 3.07. The van der Waals surface area contributed by atoms with Crippen LogP contribution in [0.1, 0.15) is 18.5 Å². The average molecular weight is 282 g/mol. The van der Waals surface area contributed by atoms with Crippen LogP contribution in [-0.2, 0) is 0 Å². The molecule has 0 radical (unpaired) electrons. The zero-order valence-corrected chi connectivity index (χ0v) is 10.9. The van der Waals surface area contributed by atoms with E-state index in [0.717, 1.165) is 0 Å². The summed E-state index contributed by atoms with van der Waals surface area (Å²) in [5, 5.41) is 22.1. The third kappa shape index (κ3) is 3.09. The van der Waals surface area contributed by atoms with E-state index in [2.05, 4.69) is 5.32 Å². The fraction of sp³-hybridized carbons (Fsp3) is 0.143. The SMILES string of the molecule is CC(Nc1ccc(F)c(Cl)c1)c1ccc(O)cc1O. The highest BCUT2D eigenvalue weighted by molar-refractivity contribution is 6.31. The molecule has 0 heterocycles. The summed E-state index contributed by atoms with van der Waals surface area (Å²) in [4.78, 5) is 0. The van der Waals surface area contributed by atoms with Gasteiger partial charge in [0.05, 0.1) is 11.1 Å². The second-order valence-corrected chi connectivity index (χ2v) is 4.65. The van der Waals surface area contributed by atoms with Crippen molar-refractivity contribution in [2.75, 3.05) is 5.32 Å². The van der Waals surface area contributed by atoms with Crippen LogP contribution >= 0.6 is 11.6 Å². The van der Waals surface area contributed by atoms with Gasteiger partial charge >= 0.3 is 0 Å². The first-order chi connectivity index (χ1) is 8.97. The molecule has 0 aliphatic carbocycles. The molecule has 0 saturated heterocycles. The van der Waals surface area contributed by atoms with Crippen molar-refractivity contribution in [2.24, 2.45) is 0 Å². The van der Waals surface area contributed by atoms with E-state index in [-0.39, 0.29) is 22.6 Å². The number of rotatable bonds is 3. The Labute approximate surface area is 115 Å². The number of halogens is 2. The molecule has 0 amide bonds. The molecular weight excluding hydrogens is 269 g/mol. The summed E-state index contributed by atoms with van der Waals surface area (Å²) in [5.41, 5.74) is 1.27. The molecule has 0 spiro atoms. The first kappa shape index (κ1) is 13.5. The van der Waals surface area contributed by atoms with Gasteiger partial charge in [0, 0.05) is 17.3 Å². The van der Waals surface area contributed by atoms with Gasteiger partial charge in [-0.3, -0.25) is 0 Å². The van der Waals surface area contributed by atoms with Crippen molar-refractivity contribution in [3.8, 4) is 11.5 Å². The normalized spacial score (nSPS) is 12.2. The van der Waals surface area contributed by atoms with Crippen molar-refractivity contribution in [3.05, 3.63) is 52.8 Å². The highest BCUT2D eigenvalue weighted by atomic mass is 35.5. The van der Waals surface area contributed by atoms with E-state index in [1.807, 2.05) is 6.92 Å². The molecule has 19 heavy (non-hydrogen) atoms. The second kappa shape index (κ2) is 5.36. The molecule has 0 aliphatic heterocycles. The number of aromatic hydroxyl groups is 2. The Bertz CT molecular complexity index is 604. The van der Waals surface area contributed by atoms with E-state index in [0.29, 0.717) is 11.3 Å². The van der Waals surface area contributed by atoms with Crippen LogP contribution in [-0.4, -0.2) is 10.2 Å². The Morgan fingerprint density at radius 2 is 1.89 bits per heavy atom. The maximum Gasteiger partial charge on any atom is 0.141 e. The van der Waals surface area contributed by atoms with Crippen molar-refractivity contribution in [1.29, 1.82) is 0 Å². The zero-order valence-electron chi connectivity index (χ0n) is 10.2. The molecule has 0 aromatic heterocycles. The minimum Gasteiger partial charge on any atom is -0.508 e. The molecule has 100 valence electrons. The molecule has 0 bridgehead atoms. The van der Waals surface area contributed by atoms with Crippen molar-refractivity contribution < 1.29 is 14.6 Å². The van der Waals surface area contributed by atoms with Crippen molar-refractivity contribution in [2.45, 2.75) is 13.0 Å². The van der Waals surface area contributed by atoms with Gasteiger partial charge in [-0.25, -0.2) is 4.39 Å². The molecule has 1 unspecified atom stereocenters. The summed E-state index contributed by atoms with van der Waals surface area (Å²) in [5.74, 6) is -0.487. The standard InChI is InChI=1S/C14H13ClFNO2/c1-8(11-4-3-10(18)7-14(11)19)17-9-2-5-13(16)12(15)6-9/h2-8,17-19H,1H3. The molecular formula is C14H13ClFNO2. The van der Waals surface area contributed by atoms with Gasteiger partial charge in [0.1, 0.15) is 17.3 Å². The quantitative estimate of drug-likeness (QED) is 0.795. The monoisotopic (exact) mass is 281 g/mol. The zero-order chi connectivity index (χ0) is 14.0. The number of nitrogens with one attached hydrogen (secondary N) is 1. The number of anilines is 1. The summed E-state index contributed by atoms with van der Waals surface area (Å²) in [6, 6.07) is 8.47. The molecule has 2 aromatic carbocycles. The summed E-state index contributed by atoms with van der Waals surface area (Å²) >= 11 is 5.70. The molecule has 5 heteroatoms. The summed E-state index contributed by atoms with van der Waals surface area (Å²) < 4.78 is 13.0. The Hall–Kier alpha value is -1.94. The molecule has 2 aromatic rings. The molecule has 0 fully saturated rings. The van der Waals surface area contributed by atoms with Crippen LogP contribution in [0.15, 0.2) is 36.4 Å². The van der Waals surface area contributed by atoms with Crippen LogP contribution in [0.4, 0.5) is 10.1 Å². The van der Waals surface area contributed by atoms with Gasteiger partial charge in [0.25, 0.3) is 0 Å². The van der Waals surface area contributed by atoms with E-state index in [9.17, 15) is 14.6 Å². The van der Waals surface area contributed by atoms with Crippen LogP contribution in [0.5, 0.6) is 11.5 Å². The van der Waals surface area contributed by atoms with Gasteiger partial charge in [-0.1, -0.05) is 11.6 Å². The lowest BCUT2D eigenvalue weighted by atomic mass is 10.1. The van der Waals surface area contributed by atoms with E-state index in [1.165, 1.54) is 24.3 Å². The van der Waals surface area contributed by atoms with Crippen LogP contribution in [0, 0.1) is 5.82 Å². The van der Waals surface area contributed by atoms with Crippen molar-refractivity contribution in [3.63, 3.8) is 0 Å². The highest BCUT2D eigenvalue weighted by Gasteiger charge is 2.11. The minimum atomic E-state index is -0.479. The summed E-state index contributed by atoms with van der Waals surface area (Å²) in [6.45, 7) is 1.84. The van der Waals surface area contributed by atoms with Crippen LogP contribution < -0.4 is 5.32 Å². The second-order valence-electron chi connectivity index (χ2n) is 4.24. The van der Waals surface area contributed by atoms with Gasteiger partial charge in [-0.2, -0.15) is 0 Å². The Balaban J connectivity index is 2.20. The topological polar surface area (TPSA) is 52.5 Å². The lowest BCUT2D eigenvalue weighted by molar-refractivity contribution is 0.444. The first-order valence-electron chi connectivity index (χ1n) is 5.71. The average Bonchev–Trinajstić information content (AvgIpc) is 2.33. The lowest BCUT2D eigenvalue weighted by Crippen LogP contribution is -2.06. The van der Waals surface area contributed by atoms with Crippen LogP contribution in [0.25, 0.3) is 0 Å². The lowest BCUT2D eigenvalue weighted by Gasteiger charge is -2.17. The van der Waals surface area contributed by atoms with Gasteiger partial charge in [-0.05, 0) is 37.3 Å². The predicted octanol–water partition coefficient (Wildman–Crippen LogP) is 4.06. The maximum absolute atomic E-state index is 13.0. The van der Waals surface area contributed by atoms with Gasteiger partial charge in [0.2, 0.25) is 0 Å². The van der Waals surface area contributed by atoms with Crippen molar-refractivity contribution >= 4 is 17.3 Å². The predicted molar refractivity (Wildman–Crippen MR) is 73.2 cm³/mol. The smallest absolute Gasteiger partial charge is 0.141 e. The molecule has 0 aliphatic rings. The molecule has 3 nitrogen and oxygen atoms in total. The largest absolute Gasteiger partial charge is 0.508 e.